The first kappa shape index (κ1) is 15.4. The van der Waals surface area contributed by atoms with E-state index in [0.29, 0.717) is 23.9 Å². The number of nitrogens with zero attached hydrogens (tertiary/aromatic N) is 2. The maximum absolute atomic E-state index is 12.3. The van der Waals surface area contributed by atoms with Gasteiger partial charge in [-0.3, -0.25) is 19.7 Å². The van der Waals surface area contributed by atoms with Crippen molar-refractivity contribution in [3.8, 4) is 0 Å². The van der Waals surface area contributed by atoms with E-state index >= 15 is 0 Å². The van der Waals surface area contributed by atoms with E-state index in [1.807, 2.05) is 0 Å². The predicted octanol–water partition coefficient (Wildman–Crippen LogP) is 2.29. The number of carbonyl (C=O) groups excluding carboxylic acids is 1. The van der Waals surface area contributed by atoms with E-state index in [4.69, 9.17) is 5.11 Å². The molecular formula is C13H13BrN2O5. The lowest BCUT2D eigenvalue weighted by molar-refractivity contribution is -0.385. The summed E-state index contributed by atoms with van der Waals surface area (Å²) in [5.41, 5.74) is 0.00332. The van der Waals surface area contributed by atoms with Crippen LogP contribution >= 0.6 is 15.9 Å². The summed E-state index contributed by atoms with van der Waals surface area (Å²) in [7, 11) is 0. The van der Waals surface area contributed by atoms with Gasteiger partial charge in [-0.25, -0.2) is 0 Å². The minimum Gasteiger partial charge on any atom is -0.481 e. The predicted molar refractivity (Wildman–Crippen MR) is 77.1 cm³/mol. The van der Waals surface area contributed by atoms with Crippen molar-refractivity contribution in [3.63, 3.8) is 0 Å². The molecule has 0 bridgehead atoms. The third-order valence-electron chi connectivity index (χ3n) is 3.45. The molecule has 0 radical (unpaired) electrons. The van der Waals surface area contributed by atoms with E-state index in [9.17, 15) is 19.7 Å². The highest BCUT2D eigenvalue weighted by Gasteiger charge is 2.29. The topological polar surface area (TPSA) is 101 Å². The van der Waals surface area contributed by atoms with E-state index in [0.717, 1.165) is 0 Å². The lowest BCUT2D eigenvalue weighted by Crippen LogP contribution is -2.42. The molecule has 0 aliphatic carbocycles. The molecule has 1 atom stereocenters. The second-order valence-corrected chi connectivity index (χ2v) is 5.71. The number of rotatable bonds is 3. The van der Waals surface area contributed by atoms with Crippen molar-refractivity contribution in [2.75, 3.05) is 13.1 Å². The Morgan fingerprint density at radius 1 is 1.43 bits per heavy atom. The molecule has 0 spiro atoms. The van der Waals surface area contributed by atoms with Crippen molar-refractivity contribution >= 4 is 33.5 Å². The number of likely N-dealkylation sites (tertiary alicyclic amines) is 1. The van der Waals surface area contributed by atoms with E-state index in [1.165, 1.54) is 23.1 Å². The summed E-state index contributed by atoms with van der Waals surface area (Å²) in [6, 6.07) is 4.14. The Kier molecular flexibility index (Phi) is 4.56. The monoisotopic (exact) mass is 356 g/mol. The molecule has 0 unspecified atom stereocenters. The summed E-state index contributed by atoms with van der Waals surface area (Å²) in [4.78, 5) is 35.1. The van der Waals surface area contributed by atoms with Gasteiger partial charge in [0, 0.05) is 24.7 Å². The van der Waals surface area contributed by atoms with Crippen LogP contribution in [0.2, 0.25) is 0 Å². The number of nitro groups is 1. The summed E-state index contributed by atoms with van der Waals surface area (Å²) in [6.45, 7) is 0.602. The van der Waals surface area contributed by atoms with Crippen LogP contribution in [-0.4, -0.2) is 39.9 Å². The molecule has 1 N–H and O–H groups in total. The molecule has 1 saturated heterocycles. The molecule has 8 heteroatoms. The lowest BCUT2D eigenvalue weighted by atomic mass is 9.97. The van der Waals surface area contributed by atoms with Crippen LogP contribution in [0, 0.1) is 16.0 Å². The average Bonchev–Trinajstić information content (AvgIpc) is 2.46. The first-order valence-electron chi connectivity index (χ1n) is 6.36. The van der Waals surface area contributed by atoms with Crippen molar-refractivity contribution in [3.05, 3.63) is 38.3 Å². The Hall–Kier alpha value is -1.96. The van der Waals surface area contributed by atoms with Crippen LogP contribution in [-0.2, 0) is 4.79 Å². The second kappa shape index (κ2) is 6.21. The minimum absolute atomic E-state index is 0.137. The molecule has 0 aromatic heterocycles. The number of aliphatic carboxylic acids is 1. The molecule has 21 heavy (non-hydrogen) atoms. The average molecular weight is 357 g/mol. The van der Waals surface area contributed by atoms with Crippen LogP contribution in [0.25, 0.3) is 0 Å². The quantitative estimate of drug-likeness (QED) is 0.661. The Bertz CT molecular complexity index is 604. The van der Waals surface area contributed by atoms with Crippen LogP contribution in [0.5, 0.6) is 0 Å². The maximum atomic E-state index is 12.3. The van der Waals surface area contributed by atoms with Gasteiger partial charge in [0.15, 0.2) is 0 Å². The van der Waals surface area contributed by atoms with Crippen molar-refractivity contribution < 1.29 is 19.6 Å². The van der Waals surface area contributed by atoms with E-state index < -0.39 is 16.8 Å². The Balaban J connectivity index is 2.22. The summed E-state index contributed by atoms with van der Waals surface area (Å²) in [6.07, 6.45) is 1.15. The maximum Gasteiger partial charge on any atom is 0.308 e. The molecule has 0 saturated carbocycles. The summed E-state index contributed by atoms with van der Waals surface area (Å²) < 4.78 is 0.297. The number of benzene rings is 1. The molecule has 1 fully saturated rings. The van der Waals surface area contributed by atoms with Crippen molar-refractivity contribution in [2.24, 2.45) is 5.92 Å². The molecule has 1 aromatic carbocycles. The molecule has 1 aliphatic heterocycles. The van der Waals surface area contributed by atoms with Gasteiger partial charge in [-0.1, -0.05) is 0 Å². The third kappa shape index (κ3) is 3.38. The van der Waals surface area contributed by atoms with Gasteiger partial charge in [-0.05, 0) is 40.9 Å². The van der Waals surface area contributed by atoms with Crippen LogP contribution < -0.4 is 0 Å². The fraction of sp³-hybridized carbons (Fsp3) is 0.385. The molecule has 1 heterocycles. The molecule has 1 amide bonds. The smallest absolute Gasteiger partial charge is 0.308 e. The van der Waals surface area contributed by atoms with Gasteiger partial charge in [-0.15, -0.1) is 0 Å². The number of halogens is 1. The van der Waals surface area contributed by atoms with Gasteiger partial charge in [-0.2, -0.15) is 0 Å². The SMILES string of the molecule is O=C(O)[C@H]1CCCN(C(=O)c2ccc(Br)c([N+](=O)[O-])c2)C1. The van der Waals surface area contributed by atoms with Crippen molar-refractivity contribution in [1.29, 1.82) is 0 Å². The largest absolute Gasteiger partial charge is 0.481 e. The Morgan fingerprint density at radius 3 is 2.76 bits per heavy atom. The Morgan fingerprint density at radius 2 is 2.14 bits per heavy atom. The first-order valence-corrected chi connectivity index (χ1v) is 7.15. The minimum atomic E-state index is -0.922. The molecule has 7 nitrogen and oxygen atoms in total. The molecule has 2 rings (SSSR count). The van der Waals surface area contributed by atoms with Crippen LogP contribution in [0.15, 0.2) is 22.7 Å². The van der Waals surface area contributed by atoms with E-state index in [-0.39, 0.29) is 23.7 Å². The number of carbonyl (C=O) groups is 2. The zero-order valence-electron chi connectivity index (χ0n) is 11.0. The number of nitro benzene ring substituents is 1. The number of carboxylic acids is 1. The van der Waals surface area contributed by atoms with Gasteiger partial charge in [0.2, 0.25) is 0 Å². The van der Waals surface area contributed by atoms with Crippen molar-refractivity contribution in [1.82, 2.24) is 4.90 Å². The lowest BCUT2D eigenvalue weighted by Gasteiger charge is -2.30. The Labute approximate surface area is 128 Å². The number of piperidine rings is 1. The van der Waals surface area contributed by atoms with Gasteiger partial charge in [0.05, 0.1) is 15.3 Å². The van der Waals surface area contributed by atoms with Gasteiger partial charge >= 0.3 is 5.97 Å². The molecule has 1 aromatic rings. The summed E-state index contributed by atoms with van der Waals surface area (Å²) in [5, 5.41) is 19.9. The standard InChI is InChI=1S/C13H13BrN2O5/c14-10-4-3-8(6-11(10)16(20)21)12(17)15-5-1-2-9(7-15)13(18)19/h3-4,6,9H,1-2,5,7H2,(H,18,19)/t9-/m0/s1. The molecule has 112 valence electrons. The zero-order chi connectivity index (χ0) is 15.6. The van der Waals surface area contributed by atoms with Crippen LogP contribution in [0.1, 0.15) is 23.2 Å². The third-order valence-corrected chi connectivity index (χ3v) is 4.12. The van der Waals surface area contributed by atoms with Crippen LogP contribution in [0.3, 0.4) is 0 Å². The molecular weight excluding hydrogens is 344 g/mol. The number of carboxylic acid groups (broad SMARTS) is 1. The second-order valence-electron chi connectivity index (χ2n) is 4.85. The summed E-state index contributed by atoms with van der Waals surface area (Å²) in [5.74, 6) is -1.88. The van der Waals surface area contributed by atoms with Gasteiger partial charge in [0.1, 0.15) is 0 Å². The summed E-state index contributed by atoms with van der Waals surface area (Å²) >= 11 is 3.06. The zero-order valence-corrected chi connectivity index (χ0v) is 12.6. The highest BCUT2D eigenvalue weighted by atomic mass is 79.9. The molecule has 1 aliphatic rings. The highest BCUT2D eigenvalue weighted by Crippen LogP contribution is 2.27. The normalized spacial score (nSPS) is 18.3. The van der Waals surface area contributed by atoms with Crippen molar-refractivity contribution in [2.45, 2.75) is 12.8 Å². The number of hydrogen-bond donors (Lipinski definition) is 1. The van der Waals surface area contributed by atoms with E-state index in [1.54, 1.807) is 0 Å². The van der Waals surface area contributed by atoms with E-state index in [2.05, 4.69) is 15.9 Å². The van der Waals surface area contributed by atoms with Gasteiger partial charge < -0.3 is 10.0 Å². The highest BCUT2D eigenvalue weighted by molar-refractivity contribution is 9.10. The van der Waals surface area contributed by atoms with Crippen LogP contribution in [0.4, 0.5) is 5.69 Å². The number of hydrogen-bond acceptors (Lipinski definition) is 4. The first-order chi connectivity index (χ1) is 9.90. The fourth-order valence-electron chi connectivity index (χ4n) is 2.33. The van der Waals surface area contributed by atoms with Gasteiger partial charge in [0.25, 0.3) is 11.6 Å². The fourth-order valence-corrected chi connectivity index (χ4v) is 2.72. The number of amides is 1.